The summed E-state index contributed by atoms with van der Waals surface area (Å²) < 4.78 is 0. The molecule has 2 nitrogen and oxygen atoms in total. The molecular formula is C10H13NOS. The van der Waals surface area contributed by atoms with E-state index in [0.29, 0.717) is 12.3 Å². The van der Waals surface area contributed by atoms with E-state index in [1.54, 1.807) is 11.3 Å². The third-order valence-electron chi connectivity index (χ3n) is 2.53. The highest BCUT2D eigenvalue weighted by molar-refractivity contribution is 7.08. The highest BCUT2D eigenvalue weighted by Gasteiger charge is 2.34. The van der Waals surface area contributed by atoms with Gasteiger partial charge in [-0.3, -0.25) is 4.79 Å². The van der Waals surface area contributed by atoms with Gasteiger partial charge in [0.25, 0.3) is 0 Å². The van der Waals surface area contributed by atoms with Crippen molar-refractivity contribution in [1.29, 1.82) is 0 Å². The molecule has 0 saturated heterocycles. The lowest BCUT2D eigenvalue weighted by molar-refractivity contribution is -0.116. The highest BCUT2D eigenvalue weighted by Crippen LogP contribution is 2.40. The molecule has 1 aromatic rings. The fraction of sp³-hybridized carbons (Fsp3) is 0.500. The van der Waals surface area contributed by atoms with Gasteiger partial charge in [0.15, 0.2) is 0 Å². The first-order valence-corrected chi connectivity index (χ1v) is 5.52. The number of carbonyl (C=O) groups excluding carboxylic acids is 1. The summed E-state index contributed by atoms with van der Waals surface area (Å²) in [6, 6.07) is 1.93. The second kappa shape index (κ2) is 3.50. The van der Waals surface area contributed by atoms with E-state index in [4.69, 9.17) is 0 Å². The molecular weight excluding hydrogens is 182 g/mol. The molecule has 2 unspecified atom stereocenters. The van der Waals surface area contributed by atoms with Crippen molar-refractivity contribution in [2.75, 3.05) is 5.32 Å². The fourth-order valence-electron chi connectivity index (χ4n) is 1.47. The fourth-order valence-corrected chi connectivity index (χ4v) is 2.06. The molecule has 1 aliphatic carbocycles. The van der Waals surface area contributed by atoms with Crippen LogP contribution in [-0.2, 0) is 4.79 Å². The molecule has 1 aromatic heterocycles. The summed E-state index contributed by atoms with van der Waals surface area (Å²) in [5.41, 5.74) is 0.934. The number of hydrogen-bond donors (Lipinski definition) is 1. The molecule has 70 valence electrons. The molecule has 1 heterocycles. The second-order valence-corrected chi connectivity index (χ2v) is 4.52. The van der Waals surface area contributed by atoms with Crippen molar-refractivity contribution in [3.05, 3.63) is 16.8 Å². The molecule has 0 spiro atoms. The topological polar surface area (TPSA) is 29.1 Å². The quantitative estimate of drug-likeness (QED) is 0.789. The number of carbonyl (C=O) groups is 1. The van der Waals surface area contributed by atoms with Crippen molar-refractivity contribution in [2.45, 2.75) is 19.8 Å². The predicted octanol–water partition coefficient (Wildman–Crippen LogP) is 2.73. The minimum atomic E-state index is 0.160. The SMILES string of the molecule is CC1CC1CC(=O)Nc1ccsc1. The van der Waals surface area contributed by atoms with Crippen LogP contribution in [-0.4, -0.2) is 5.91 Å². The van der Waals surface area contributed by atoms with Gasteiger partial charge in [-0.2, -0.15) is 11.3 Å². The van der Waals surface area contributed by atoms with Gasteiger partial charge in [-0.05, 0) is 29.7 Å². The Morgan fingerprint density at radius 2 is 2.54 bits per heavy atom. The Morgan fingerprint density at radius 1 is 1.77 bits per heavy atom. The molecule has 0 radical (unpaired) electrons. The number of amides is 1. The summed E-state index contributed by atoms with van der Waals surface area (Å²) in [5, 5.41) is 6.81. The third-order valence-corrected chi connectivity index (χ3v) is 3.21. The largest absolute Gasteiger partial charge is 0.325 e. The van der Waals surface area contributed by atoms with Crippen molar-refractivity contribution in [2.24, 2.45) is 11.8 Å². The Hall–Kier alpha value is -0.830. The van der Waals surface area contributed by atoms with E-state index in [2.05, 4.69) is 12.2 Å². The minimum Gasteiger partial charge on any atom is -0.325 e. The summed E-state index contributed by atoms with van der Waals surface area (Å²) in [6.07, 6.45) is 1.91. The number of nitrogens with one attached hydrogen (secondary N) is 1. The Morgan fingerprint density at radius 3 is 3.08 bits per heavy atom. The maximum absolute atomic E-state index is 11.4. The van der Waals surface area contributed by atoms with Gasteiger partial charge in [0, 0.05) is 11.8 Å². The summed E-state index contributed by atoms with van der Waals surface area (Å²) in [7, 11) is 0. The van der Waals surface area contributed by atoms with Crippen molar-refractivity contribution in [1.82, 2.24) is 0 Å². The van der Waals surface area contributed by atoms with Crippen molar-refractivity contribution >= 4 is 22.9 Å². The lowest BCUT2D eigenvalue weighted by Crippen LogP contribution is -2.11. The van der Waals surface area contributed by atoms with Crippen LogP contribution in [0.2, 0.25) is 0 Å². The van der Waals surface area contributed by atoms with Crippen LogP contribution in [0.1, 0.15) is 19.8 Å². The molecule has 3 heteroatoms. The average molecular weight is 195 g/mol. The van der Waals surface area contributed by atoms with E-state index < -0.39 is 0 Å². The van der Waals surface area contributed by atoms with E-state index in [0.717, 1.165) is 11.6 Å². The van der Waals surface area contributed by atoms with Gasteiger partial charge in [0.2, 0.25) is 5.91 Å². The second-order valence-electron chi connectivity index (χ2n) is 3.74. The van der Waals surface area contributed by atoms with Gasteiger partial charge < -0.3 is 5.32 Å². The van der Waals surface area contributed by atoms with E-state index in [1.807, 2.05) is 16.8 Å². The molecule has 0 aliphatic heterocycles. The average Bonchev–Trinajstić information content (AvgIpc) is 2.61. The van der Waals surface area contributed by atoms with Crippen LogP contribution in [0.5, 0.6) is 0 Å². The summed E-state index contributed by atoms with van der Waals surface area (Å²) >= 11 is 1.60. The van der Waals surface area contributed by atoms with Crippen molar-refractivity contribution in [3.63, 3.8) is 0 Å². The number of hydrogen-bond acceptors (Lipinski definition) is 2. The van der Waals surface area contributed by atoms with Gasteiger partial charge in [-0.25, -0.2) is 0 Å². The van der Waals surface area contributed by atoms with Crippen LogP contribution in [0.25, 0.3) is 0 Å². The standard InChI is InChI=1S/C10H13NOS/c1-7-4-8(7)5-10(12)11-9-2-3-13-6-9/h2-3,6-8H,4-5H2,1H3,(H,11,12). The summed E-state index contributed by atoms with van der Waals surface area (Å²) in [6.45, 7) is 2.20. The van der Waals surface area contributed by atoms with Crippen LogP contribution in [0.4, 0.5) is 5.69 Å². The van der Waals surface area contributed by atoms with Gasteiger partial charge >= 0.3 is 0 Å². The molecule has 1 fully saturated rings. The molecule has 1 aliphatic rings. The molecule has 1 saturated carbocycles. The highest BCUT2D eigenvalue weighted by atomic mass is 32.1. The van der Waals surface area contributed by atoms with Crippen LogP contribution >= 0.6 is 11.3 Å². The first kappa shape index (κ1) is 8.75. The molecule has 2 atom stereocenters. The Labute approximate surface area is 82.0 Å². The summed E-state index contributed by atoms with van der Waals surface area (Å²) in [5.74, 6) is 1.56. The molecule has 0 bridgehead atoms. The lowest BCUT2D eigenvalue weighted by atomic mass is 10.2. The first-order valence-electron chi connectivity index (χ1n) is 4.58. The zero-order valence-electron chi connectivity index (χ0n) is 7.62. The predicted molar refractivity (Wildman–Crippen MR) is 54.8 cm³/mol. The zero-order valence-corrected chi connectivity index (χ0v) is 8.43. The lowest BCUT2D eigenvalue weighted by Gasteiger charge is -2.00. The molecule has 1 amide bonds. The van der Waals surface area contributed by atoms with Crippen LogP contribution in [0, 0.1) is 11.8 Å². The van der Waals surface area contributed by atoms with Crippen LogP contribution in [0.15, 0.2) is 16.8 Å². The maximum atomic E-state index is 11.4. The Balaban J connectivity index is 1.79. The van der Waals surface area contributed by atoms with Gasteiger partial charge in [0.05, 0.1) is 5.69 Å². The van der Waals surface area contributed by atoms with Crippen LogP contribution < -0.4 is 5.32 Å². The summed E-state index contributed by atoms with van der Waals surface area (Å²) in [4.78, 5) is 11.4. The van der Waals surface area contributed by atoms with Gasteiger partial charge in [0.1, 0.15) is 0 Å². The number of rotatable bonds is 3. The monoisotopic (exact) mass is 195 g/mol. The van der Waals surface area contributed by atoms with Crippen molar-refractivity contribution < 1.29 is 4.79 Å². The smallest absolute Gasteiger partial charge is 0.224 e. The minimum absolute atomic E-state index is 0.160. The molecule has 0 aromatic carbocycles. The first-order chi connectivity index (χ1) is 6.25. The number of anilines is 1. The molecule has 2 rings (SSSR count). The van der Waals surface area contributed by atoms with Crippen molar-refractivity contribution in [3.8, 4) is 0 Å². The Bertz CT molecular complexity index is 294. The molecule has 13 heavy (non-hydrogen) atoms. The van der Waals surface area contributed by atoms with Gasteiger partial charge in [-0.15, -0.1) is 0 Å². The van der Waals surface area contributed by atoms with E-state index in [9.17, 15) is 4.79 Å². The van der Waals surface area contributed by atoms with Crippen LogP contribution in [0.3, 0.4) is 0 Å². The Kier molecular flexibility index (Phi) is 2.36. The van der Waals surface area contributed by atoms with E-state index in [1.165, 1.54) is 6.42 Å². The zero-order chi connectivity index (χ0) is 9.26. The maximum Gasteiger partial charge on any atom is 0.224 e. The molecule has 1 N–H and O–H groups in total. The normalized spacial score (nSPS) is 25.6. The third kappa shape index (κ3) is 2.31. The van der Waals surface area contributed by atoms with E-state index >= 15 is 0 Å². The number of thiophene rings is 1. The van der Waals surface area contributed by atoms with E-state index in [-0.39, 0.29) is 5.91 Å². The van der Waals surface area contributed by atoms with Gasteiger partial charge in [-0.1, -0.05) is 6.92 Å².